The summed E-state index contributed by atoms with van der Waals surface area (Å²) in [5.74, 6) is -21.4. The van der Waals surface area contributed by atoms with E-state index in [9.17, 15) is 43.7 Å². The first kappa shape index (κ1) is 15.7. The predicted octanol–water partition coefficient (Wildman–Crippen LogP) is 4.12. The molecule has 0 aromatic rings. The van der Waals surface area contributed by atoms with Gasteiger partial charge in [0.1, 0.15) is 0 Å². The summed E-state index contributed by atoms with van der Waals surface area (Å²) >= 11 is 0. The zero-order valence-corrected chi connectivity index (χ0v) is 8.12. The first-order valence-electron chi connectivity index (χ1n) is 3.26. The molecule has 0 saturated heterocycles. The molecule has 0 saturated carbocycles. The zero-order chi connectivity index (χ0) is 13.7. The van der Waals surface area contributed by atoms with Gasteiger partial charge in [0, 0.05) is 0 Å². The van der Waals surface area contributed by atoms with E-state index in [1.54, 1.807) is 0 Å². The van der Waals surface area contributed by atoms with Gasteiger partial charge in [-0.2, -0.15) is 0 Å². The summed E-state index contributed by atoms with van der Waals surface area (Å²) < 4.78 is 120. The molecular weight excluding hydrogens is 283 g/mol. The van der Waals surface area contributed by atoms with Gasteiger partial charge in [0.15, 0.2) is 0 Å². The van der Waals surface area contributed by atoms with Crippen molar-refractivity contribution in [3.05, 3.63) is 0 Å². The molecule has 100 valence electrons. The van der Waals surface area contributed by atoms with Gasteiger partial charge in [0.05, 0.1) is 0 Å². The molecule has 0 aliphatic carbocycles. The Labute approximate surface area is 81.9 Å². The minimum absolute atomic E-state index is 0.199. The average Bonchev–Trinajstić information content (AvgIpc) is 1.95. The third-order valence-corrected chi connectivity index (χ3v) is 5.55. The predicted molar refractivity (Wildman–Crippen MR) is 35.3 cm³/mol. The van der Waals surface area contributed by atoms with Crippen LogP contribution in [0.3, 0.4) is 0 Å². The summed E-state index contributed by atoms with van der Waals surface area (Å²) in [5.41, 5.74) is 0. The topological polar surface area (TPSA) is 12.0 Å². The summed E-state index contributed by atoms with van der Waals surface area (Å²) in [6, 6.07) is 0. The Balaban J connectivity index is 6.31. The van der Waals surface area contributed by atoms with Crippen LogP contribution in [0.5, 0.6) is 0 Å². The molecule has 0 atom stereocenters. The molecule has 0 aliphatic rings. The van der Waals surface area contributed by atoms with E-state index < -0.39 is 24.8 Å². The van der Waals surface area contributed by atoms with Gasteiger partial charge in [0.25, 0.3) is 0 Å². The van der Waals surface area contributed by atoms with E-state index in [1.165, 1.54) is 0 Å². The van der Waals surface area contributed by atoms with Crippen molar-refractivity contribution in [1.29, 1.82) is 0 Å². The SMILES string of the molecule is CNP(F)(C(F)(F)F)(C(F)(F)F)C(F)(F)F. The molecule has 0 aromatic carbocycles. The second-order valence-electron chi connectivity index (χ2n) is 2.64. The van der Waals surface area contributed by atoms with Crippen LogP contribution in [-0.2, 0) is 0 Å². The van der Waals surface area contributed by atoms with Crippen LogP contribution in [-0.4, -0.2) is 24.8 Å². The van der Waals surface area contributed by atoms with Gasteiger partial charge >= 0.3 is 80.7 Å². The Bertz CT molecular complexity index is 233. The summed E-state index contributed by atoms with van der Waals surface area (Å²) in [6.07, 6.45) is 0. The van der Waals surface area contributed by atoms with Gasteiger partial charge in [-0.1, -0.05) is 0 Å². The van der Waals surface area contributed by atoms with Crippen molar-refractivity contribution in [3.63, 3.8) is 0 Å². The molecule has 0 amide bonds. The van der Waals surface area contributed by atoms with Crippen LogP contribution in [0, 0.1) is 0 Å². The number of nitrogens with one attached hydrogen (secondary N) is 1. The van der Waals surface area contributed by atoms with Crippen molar-refractivity contribution in [1.82, 2.24) is 5.09 Å². The van der Waals surface area contributed by atoms with Gasteiger partial charge in [0.2, 0.25) is 0 Å². The van der Waals surface area contributed by atoms with Gasteiger partial charge in [-0.05, 0) is 0 Å². The van der Waals surface area contributed by atoms with Crippen LogP contribution < -0.4 is 5.09 Å². The first-order chi connectivity index (χ1) is 6.64. The summed E-state index contributed by atoms with van der Waals surface area (Å²) in [5, 5.41) is -0.199. The number of halogens is 10. The zero-order valence-electron chi connectivity index (χ0n) is 7.23. The van der Waals surface area contributed by atoms with Crippen molar-refractivity contribution in [3.8, 4) is 0 Å². The van der Waals surface area contributed by atoms with Gasteiger partial charge in [-0.25, -0.2) is 0 Å². The van der Waals surface area contributed by atoms with Crippen LogP contribution in [0.2, 0.25) is 0 Å². The Kier molecular flexibility index (Phi) is 3.28. The molecule has 0 radical (unpaired) electrons. The second kappa shape index (κ2) is 3.34. The molecule has 0 aliphatic heterocycles. The first-order valence-corrected chi connectivity index (χ1v) is 5.39. The van der Waals surface area contributed by atoms with E-state index in [2.05, 4.69) is 0 Å². The molecule has 0 aromatic heterocycles. The van der Waals surface area contributed by atoms with Crippen LogP contribution in [0.25, 0.3) is 0 Å². The Morgan fingerprint density at radius 1 is 0.688 bits per heavy atom. The van der Waals surface area contributed by atoms with Crippen molar-refractivity contribution < 1.29 is 43.7 Å². The Morgan fingerprint density at radius 3 is 0.875 bits per heavy atom. The molecule has 0 unspecified atom stereocenters. The van der Waals surface area contributed by atoms with Crippen molar-refractivity contribution >= 4 is 7.06 Å². The van der Waals surface area contributed by atoms with Crippen molar-refractivity contribution in [2.75, 3.05) is 7.05 Å². The third kappa shape index (κ3) is 1.40. The Morgan fingerprint density at radius 2 is 0.875 bits per heavy atom. The third-order valence-electron chi connectivity index (χ3n) is 1.85. The molecule has 0 spiro atoms. The van der Waals surface area contributed by atoms with Crippen molar-refractivity contribution in [2.45, 2.75) is 17.8 Å². The number of hydrogen-bond acceptors (Lipinski definition) is 1. The van der Waals surface area contributed by atoms with Crippen LogP contribution in [0.4, 0.5) is 43.7 Å². The monoisotopic (exact) mass is 287 g/mol. The normalized spacial score (nSPS) is 18.1. The molecule has 1 N–H and O–H groups in total. The molecule has 1 nitrogen and oxygen atoms in total. The maximum atomic E-state index is 13.1. The quantitative estimate of drug-likeness (QED) is 0.565. The minimum atomic E-state index is -9.62. The molecule has 16 heavy (non-hydrogen) atoms. The maximum absolute atomic E-state index is 13.1. The van der Waals surface area contributed by atoms with Gasteiger partial charge in [-0.3, -0.25) is 0 Å². The molecular formula is C4H4F10NP. The van der Waals surface area contributed by atoms with E-state index in [0.29, 0.717) is 0 Å². The van der Waals surface area contributed by atoms with Gasteiger partial charge < -0.3 is 0 Å². The number of rotatable bonds is 1. The van der Waals surface area contributed by atoms with E-state index in [0.717, 1.165) is 0 Å². The number of alkyl halides is 9. The van der Waals surface area contributed by atoms with Crippen LogP contribution in [0.15, 0.2) is 0 Å². The molecule has 0 fully saturated rings. The summed E-state index contributed by atoms with van der Waals surface area (Å²) in [4.78, 5) is 0. The van der Waals surface area contributed by atoms with E-state index in [-0.39, 0.29) is 12.1 Å². The van der Waals surface area contributed by atoms with Crippen LogP contribution >= 0.6 is 7.06 Å². The van der Waals surface area contributed by atoms with E-state index >= 15 is 0 Å². The fraction of sp³-hybridized carbons (Fsp3) is 1.00. The Hall–Kier alpha value is -0.310. The fourth-order valence-electron chi connectivity index (χ4n) is 0.812. The summed E-state index contributed by atoms with van der Waals surface area (Å²) in [7, 11) is -9.99. The van der Waals surface area contributed by atoms with E-state index in [4.69, 9.17) is 0 Å². The molecule has 0 bridgehead atoms. The summed E-state index contributed by atoms with van der Waals surface area (Å²) in [6.45, 7) is 0. The van der Waals surface area contributed by atoms with Crippen molar-refractivity contribution in [2.24, 2.45) is 0 Å². The number of hydrogen-bond donors (Lipinski definition) is 1. The average molecular weight is 287 g/mol. The molecule has 12 heteroatoms. The second-order valence-corrected chi connectivity index (χ2v) is 6.62. The fourth-order valence-corrected chi connectivity index (χ4v) is 2.43. The van der Waals surface area contributed by atoms with Gasteiger partial charge in [-0.15, -0.1) is 0 Å². The van der Waals surface area contributed by atoms with Crippen LogP contribution in [0.1, 0.15) is 0 Å². The standard InChI is InChI=1S/C4H4F10NP/c1-15-16(14,2(5,6)7,3(8,9)10)4(11,12)13/h15H,1H3. The molecule has 0 heterocycles. The molecule has 0 rings (SSSR count). The van der Waals surface area contributed by atoms with E-state index in [1.807, 2.05) is 0 Å².